The maximum atomic E-state index is 9.41. The van der Waals surface area contributed by atoms with E-state index >= 15 is 0 Å². The van der Waals surface area contributed by atoms with Crippen LogP contribution in [0.25, 0.3) is 0 Å². The van der Waals surface area contributed by atoms with E-state index in [9.17, 15) is 5.26 Å². The molecule has 0 radical (unpaired) electrons. The molecule has 0 saturated heterocycles. The summed E-state index contributed by atoms with van der Waals surface area (Å²) in [5.74, 6) is 0.690. The third-order valence-corrected chi connectivity index (χ3v) is 3.37. The lowest BCUT2D eigenvalue weighted by Crippen LogP contribution is -2.37. The predicted octanol–water partition coefficient (Wildman–Crippen LogP) is 3.29. The Morgan fingerprint density at radius 3 is 2.29 bits per heavy atom. The van der Waals surface area contributed by atoms with Crippen LogP contribution in [0.3, 0.4) is 0 Å². The van der Waals surface area contributed by atoms with Gasteiger partial charge in [0.2, 0.25) is 0 Å². The normalized spacial score (nSPS) is 14.8. The molecule has 0 aliphatic carbocycles. The Hall–Kier alpha value is -1.31. The first kappa shape index (κ1) is 13.8. The lowest BCUT2D eigenvalue weighted by Gasteiger charge is -2.31. The molecule has 0 fully saturated rings. The summed E-state index contributed by atoms with van der Waals surface area (Å²) >= 11 is 0. The van der Waals surface area contributed by atoms with Crippen molar-refractivity contribution in [2.75, 3.05) is 7.11 Å². The van der Waals surface area contributed by atoms with Gasteiger partial charge in [0.15, 0.2) is 13.9 Å². The van der Waals surface area contributed by atoms with Gasteiger partial charge in [0.25, 0.3) is 0 Å². The minimum Gasteiger partial charge on any atom is -0.496 e. The van der Waals surface area contributed by atoms with Gasteiger partial charge < -0.3 is 9.16 Å². The minimum absolute atomic E-state index is 0.690. The lowest BCUT2D eigenvalue weighted by molar-refractivity contribution is 0.137. The van der Waals surface area contributed by atoms with Crippen LogP contribution >= 0.6 is 0 Å². The highest BCUT2D eigenvalue weighted by molar-refractivity contribution is 6.69. The van der Waals surface area contributed by atoms with Crippen LogP contribution in [-0.4, -0.2) is 15.4 Å². The Labute approximate surface area is 104 Å². The Kier molecular flexibility index (Phi) is 3.97. The first-order valence-electron chi connectivity index (χ1n) is 5.57. The second-order valence-electron chi connectivity index (χ2n) is 5.06. The first-order valence-corrected chi connectivity index (χ1v) is 8.98. The van der Waals surface area contributed by atoms with E-state index in [4.69, 9.17) is 9.16 Å². The molecule has 17 heavy (non-hydrogen) atoms. The molecule has 1 atom stereocenters. The van der Waals surface area contributed by atoms with E-state index in [-0.39, 0.29) is 0 Å². The molecule has 1 unspecified atom stereocenters. The van der Waals surface area contributed by atoms with Crippen molar-refractivity contribution in [3.8, 4) is 11.8 Å². The number of rotatable bonds is 4. The molecule has 0 aromatic heterocycles. The summed E-state index contributed by atoms with van der Waals surface area (Å²) in [5, 5.41) is 9.41. The van der Waals surface area contributed by atoms with Crippen LogP contribution in [0.15, 0.2) is 24.3 Å². The second kappa shape index (κ2) is 4.90. The van der Waals surface area contributed by atoms with Gasteiger partial charge in [-0.3, -0.25) is 0 Å². The summed E-state index contributed by atoms with van der Waals surface area (Å²) in [6, 6.07) is 9.75. The van der Waals surface area contributed by atoms with Crippen LogP contribution in [-0.2, 0) is 10.0 Å². The monoisotopic (exact) mass is 249 g/mol. The Morgan fingerprint density at radius 2 is 1.82 bits per heavy atom. The zero-order chi connectivity index (χ0) is 13.1. The summed E-state index contributed by atoms with van der Waals surface area (Å²) < 4.78 is 11.3. The van der Waals surface area contributed by atoms with E-state index in [2.05, 4.69) is 25.7 Å². The van der Waals surface area contributed by atoms with Crippen molar-refractivity contribution in [1.29, 1.82) is 5.26 Å². The minimum atomic E-state index is -1.81. The second-order valence-corrected chi connectivity index (χ2v) is 9.49. The van der Waals surface area contributed by atoms with Crippen molar-refractivity contribution in [3.05, 3.63) is 29.8 Å². The number of para-hydroxylation sites is 1. The molecule has 1 aromatic rings. The molecule has 3 nitrogen and oxygen atoms in total. The molecule has 4 heteroatoms. The predicted molar refractivity (Wildman–Crippen MR) is 70.4 cm³/mol. The first-order chi connectivity index (χ1) is 7.82. The molecule has 0 heterocycles. The fourth-order valence-electron chi connectivity index (χ4n) is 1.79. The van der Waals surface area contributed by atoms with Crippen LogP contribution in [0, 0.1) is 11.3 Å². The zero-order valence-corrected chi connectivity index (χ0v) is 12.1. The molecule has 0 bridgehead atoms. The fourth-order valence-corrected chi connectivity index (χ4v) is 3.17. The molecular formula is C13H19NO2Si. The molecule has 1 aromatic carbocycles. The van der Waals surface area contributed by atoms with Gasteiger partial charge in [-0.1, -0.05) is 18.2 Å². The van der Waals surface area contributed by atoms with E-state index in [1.165, 1.54) is 0 Å². The summed E-state index contributed by atoms with van der Waals surface area (Å²) in [6.45, 7) is 8.00. The van der Waals surface area contributed by atoms with Gasteiger partial charge in [0.1, 0.15) is 11.8 Å². The number of nitrogens with zero attached hydrogens (tertiary/aromatic N) is 1. The van der Waals surface area contributed by atoms with E-state index in [0.29, 0.717) is 5.75 Å². The fraction of sp³-hybridized carbons (Fsp3) is 0.462. The molecule has 1 rings (SSSR count). The van der Waals surface area contributed by atoms with Crippen LogP contribution in [0.2, 0.25) is 19.6 Å². The third-order valence-electron chi connectivity index (χ3n) is 2.34. The molecule has 0 aliphatic rings. The smallest absolute Gasteiger partial charge is 0.186 e. The van der Waals surface area contributed by atoms with E-state index in [0.717, 1.165) is 5.56 Å². The van der Waals surface area contributed by atoms with Crippen molar-refractivity contribution in [3.63, 3.8) is 0 Å². The average molecular weight is 249 g/mol. The van der Waals surface area contributed by atoms with Crippen molar-refractivity contribution < 1.29 is 9.16 Å². The molecule has 0 saturated carbocycles. The van der Waals surface area contributed by atoms with E-state index in [1.807, 2.05) is 24.3 Å². The van der Waals surface area contributed by atoms with Gasteiger partial charge in [-0.25, -0.2) is 0 Å². The number of hydrogen-bond acceptors (Lipinski definition) is 3. The SMILES string of the molecule is COc1ccccc1C(C)(C#N)O[Si](C)(C)C. The molecule has 0 amide bonds. The van der Waals surface area contributed by atoms with Crippen molar-refractivity contribution in [2.24, 2.45) is 0 Å². The number of hydrogen-bond donors (Lipinski definition) is 0. The quantitative estimate of drug-likeness (QED) is 0.769. The third kappa shape index (κ3) is 3.32. The Morgan fingerprint density at radius 1 is 1.24 bits per heavy atom. The maximum absolute atomic E-state index is 9.41. The van der Waals surface area contributed by atoms with Crippen LogP contribution in [0.5, 0.6) is 5.75 Å². The van der Waals surface area contributed by atoms with E-state index in [1.54, 1.807) is 14.0 Å². The van der Waals surface area contributed by atoms with Crippen molar-refractivity contribution in [1.82, 2.24) is 0 Å². The van der Waals surface area contributed by atoms with Crippen LogP contribution < -0.4 is 4.74 Å². The summed E-state index contributed by atoms with van der Waals surface area (Å²) in [6.07, 6.45) is 0. The average Bonchev–Trinajstić information content (AvgIpc) is 2.26. The van der Waals surface area contributed by atoms with Gasteiger partial charge in [0.05, 0.1) is 7.11 Å². The maximum Gasteiger partial charge on any atom is 0.186 e. The largest absolute Gasteiger partial charge is 0.496 e. The highest BCUT2D eigenvalue weighted by Gasteiger charge is 2.35. The van der Waals surface area contributed by atoms with Gasteiger partial charge in [0, 0.05) is 5.56 Å². The highest BCUT2D eigenvalue weighted by atomic mass is 28.4. The van der Waals surface area contributed by atoms with Gasteiger partial charge in [-0.2, -0.15) is 5.26 Å². The van der Waals surface area contributed by atoms with Crippen LogP contribution in [0.4, 0.5) is 0 Å². The zero-order valence-electron chi connectivity index (χ0n) is 11.1. The molecule has 92 valence electrons. The van der Waals surface area contributed by atoms with Gasteiger partial charge in [-0.05, 0) is 32.6 Å². The summed E-state index contributed by atoms with van der Waals surface area (Å²) in [4.78, 5) is 0. The van der Waals surface area contributed by atoms with Crippen molar-refractivity contribution in [2.45, 2.75) is 32.2 Å². The summed E-state index contributed by atoms with van der Waals surface area (Å²) in [7, 11) is -0.208. The highest BCUT2D eigenvalue weighted by Crippen LogP contribution is 2.34. The topological polar surface area (TPSA) is 42.2 Å². The molecule has 0 aliphatic heterocycles. The Bertz CT molecular complexity index is 434. The van der Waals surface area contributed by atoms with Crippen molar-refractivity contribution >= 4 is 8.32 Å². The summed E-state index contributed by atoms with van der Waals surface area (Å²) in [5.41, 5.74) is -0.163. The standard InChI is InChI=1S/C13H19NO2Si/c1-13(10-14,16-17(3,4)5)11-8-6-7-9-12(11)15-2/h6-9H,1-5H3. The number of benzene rings is 1. The number of nitriles is 1. The van der Waals surface area contributed by atoms with Crippen LogP contribution in [0.1, 0.15) is 12.5 Å². The number of methoxy groups -OCH3 is 1. The van der Waals surface area contributed by atoms with Gasteiger partial charge in [-0.15, -0.1) is 0 Å². The Balaban J connectivity index is 3.22. The van der Waals surface area contributed by atoms with Gasteiger partial charge >= 0.3 is 0 Å². The number of ether oxygens (including phenoxy) is 1. The lowest BCUT2D eigenvalue weighted by atomic mass is 9.97. The molecule has 0 N–H and O–H groups in total. The van der Waals surface area contributed by atoms with E-state index < -0.39 is 13.9 Å². The molecule has 0 spiro atoms. The molecular weight excluding hydrogens is 230 g/mol.